The van der Waals surface area contributed by atoms with Crippen molar-refractivity contribution in [3.63, 3.8) is 0 Å². The number of ether oxygens (including phenoxy) is 1. The largest absolute Gasteiger partial charge is 0.481 e. The average Bonchev–Trinajstić information content (AvgIpc) is 3.09. The van der Waals surface area contributed by atoms with Crippen LogP contribution in [0.2, 0.25) is 0 Å². The molecule has 1 aliphatic carbocycles. The lowest BCUT2D eigenvalue weighted by atomic mass is 10.0. The zero-order valence-corrected chi connectivity index (χ0v) is 14.2. The summed E-state index contributed by atoms with van der Waals surface area (Å²) in [5.74, 6) is 0.391. The molecule has 0 radical (unpaired) electrons. The summed E-state index contributed by atoms with van der Waals surface area (Å²) in [6.45, 7) is 3.19. The molecule has 1 aromatic carbocycles. The second kappa shape index (κ2) is 8.47. The van der Waals surface area contributed by atoms with E-state index < -0.39 is 5.82 Å². The van der Waals surface area contributed by atoms with Gasteiger partial charge in [0.2, 0.25) is 0 Å². The number of benzene rings is 1. The Morgan fingerprint density at radius 2 is 1.88 bits per heavy atom. The molecule has 1 saturated heterocycles. The van der Waals surface area contributed by atoms with Crippen molar-refractivity contribution in [2.45, 2.75) is 44.6 Å². The van der Waals surface area contributed by atoms with Crippen LogP contribution in [0.25, 0.3) is 0 Å². The molecule has 1 N–H and O–H groups in total. The van der Waals surface area contributed by atoms with Crippen LogP contribution in [0.15, 0.2) is 24.3 Å². The van der Waals surface area contributed by atoms with Crippen LogP contribution < -0.4 is 10.1 Å². The van der Waals surface area contributed by atoms with Gasteiger partial charge in [-0.15, -0.1) is 0 Å². The molecule has 1 amide bonds. The van der Waals surface area contributed by atoms with Gasteiger partial charge in [0.05, 0.1) is 0 Å². The molecule has 132 valence electrons. The van der Waals surface area contributed by atoms with E-state index in [4.69, 9.17) is 4.74 Å². The second-order valence-corrected chi connectivity index (χ2v) is 7.01. The van der Waals surface area contributed by atoms with Crippen molar-refractivity contribution in [1.82, 2.24) is 10.2 Å². The van der Waals surface area contributed by atoms with Crippen molar-refractivity contribution in [1.29, 1.82) is 0 Å². The van der Waals surface area contributed by atoms with Gasteiger partial charge in [0.15, 0.2) is 18.2 Å². The maximum Gasteiger partial charge on any atom is 0.258 e. The van der Waals surface area contributed by atoms with E-state index in [0.717, 1.165) is 31.8 Å². The summed E-state index contributed by atoms with van der Waals surface area (Å²) in [4.78, 5) is 14.5. The van der Waals surface area contributed by atoms with Gasteiger partial charge in [-0.1, -0.05) is 25.0 Å². The van der Waals surface area contributed by atoms with Gasteiger partial charge in [0.1, 0.15) is 0 Å². The van der Waals surface area contributed by atoms with Gasteiger partial charge >= 0.3 is 0 Å². The van der Waals surface area contributed by atoms with Crippen molar-refractivity contribution >= 4 is 5.91 Å². The lowest BCUT2D eigenvalue weighted by Crippen LogP contribution is -2.46. The quantitative estimate of drug-likeness (QED) is 0.870. The van der Waals surface area contributed by atoms with Crippen LogP contribution in [-0.2, 0) is 4.79 Å². The first kappa shape index (κ1) is 17.2. The molecule has 2 aliphatic rings. The SMILES string of the molecule is O=C(COc1ccccc1F)NC1CCN(CC2CCCC2)CC1. The standard InChI is InChI=1S/C19H27FN2O2/c20-17-7-3-4-8-18(17)24-14-19(23)21-16-9-11-22(12-10-16)13-15-5-1-2-6-15/h3-4,7-8,15-16H,1-2,5-6,9-14H2,(H,21,23). The summed E-state index contributed by atoms with van der Waals surface area (Å²) in [5.41, 5.74) is 0. The number of halogens is 1. The lowest BCUT2D eigenvalue weighted by Gasteiger charge is -2.33. The molecule has 0 aromatic heterocycles. The number of piperidine rings is 1. The minimum atomic E-state index is -0.439. The number of nitrogens with zero attached hydrogens (tertiary/aromatic N) is 1. The minimum Gasteiger partial charge on any atom is -0.481 e. The lowest BCUT2D eigenvalue weighted by molar-refractivity contribution is -0.124. The average molecular weight is 334 g/mol. The van der Waals surface area contributed by atoms with Gasteiger partial charge in [-0.2, -0.15) is 0 Å². The summed E-state index contributed by atoms with van der Waals surface area (Å²) in [6.07, 6.45) is 7.50. The topological polar surface area (TPSA) is 41.6 Å². The first-order valence-electron chi connectivity index (χ1n) is 9.10. The molecule has 3 rings (SSSR count). The molecule has 1 saturated carbocycles. The van der Waals surface area contributed by atoms with Gasteiger partial charge < -0.3 is 15.0 Å². The minimum absolute atomic E-state index is 0.124. The number of rotatable bonds is 6. The predicted molar refractivity (Wildman–Crippen MR) is 91.5 cm³/mol. The summed E-state index contributed by atoms with van der Waals surface area (Å²) in [5, 5.41) is 3.01. The summed E-state index contributed by atoms with van der Waals surface area (Å²) < 4.78 is 18.7. The van der Waals surface area contributed by atoms with Crippen molar-refractivity contribution in [3.05, 3.63) is 30.1 Å². The first-order valence-corrected chi connectivity index (χ1v) is 9.10. The highest BCUT2D eigenvalue weighted by Crippen LogP contribution is 2.26. The van der Waals surface area contributed by atoms with E-state index in [1.807, 2.05) is 0 Å². The molecule has 0 unspecified atom stereocenters. The van der Waals surface area contributed by atoms with Crippen LogP contribution in [0.1, 0.15) is 38.5 Å². The van der Waals surface area contributed by atoms with E-state index in [9.17, 15) is 9.18 Å². The Balaban J connectivity index is 1.35. The predicted octanol–water partition coefficient (Wildman–Crippen LogP) is 2.98. The Morgan fingerprint density at radius 1 is 1.17 bits per heavy atom. The Bertz CT molecular complexity index is 538. The number of likely N-dealkylation sites (tertiary alicyclic amines) is 1. The van der Waals surface area contributed by atoms with E-state index in [1.54, 1.807) is 12.1 Å². The van der Waals surface area contributed by atoms with E-state index in [-0.39, 0.29) is 24.3 Å². The number of para-hydroxylation sites is 1. The highest BCUT2D eigenvalue weighted by Gasteiger charge is 2.24. The van der Waals surface area contributed by atoms with E-state index in [2.05, 4.69) is 10.2 Å². The van der Waals surface area contributed by atoms with Crippen LogP contribution in [-0.4, -0.2) is 43.1 Å². The van der Waals surface area contributed by atoms with Gasteiger partial charge in [0.25, 0.3) is 5.91 Å². The van der Waals surface area contributed by atoms with Crippen LogP contribution in [0.5, 0.6) is 5.75 Å². The van der Waals surface area contributed by atoms with Crippen molar-refractivity contribution < 1.29 is 13.9 Å². The van der Waals surface area contributed by atoms with E-state index >= 15 is 0 Å². The maximum atomic E-state index is 13.4. The summed E-state index contributed by atoms with van der Waals surface area (Å²) in [7, 11) is 0. The Hall–Kier alpha value is -1.62. The molecule has 5 heteroatoms. The number of hydrogen-bond acceptors (Lipinski definition) is 3. The third kappa shape index (κ3) is 4.94. The number of amides is 1. The van der Waals surface area contributed by atoms with Gasteiger partial charge in [-0.05, 0) is 43.7 Å². The molecular formula is C19H27FN2O2. The number of carbonyl (C=O) groups is 1. The number of carbonyl (C=O) groups excluding carboxylic acids is 1. The Kier molecular flexibility index (Phi) is 6.07. The maximum absolute atomic E-state index is 13.4. The zero-order chi connectivity index (χ0) is 16.8. The van der Waals surface area contributed by atoms with Crippen LogP contribution >= 0.6 is 0 Å². The molecule has 0 bridgehead atoms. The first-order chi connectivity index (χ1) is 11.7. The zero-order valence-electron chi connectivity index (χ0n) is 14.2. The van der Waals surface area contributed by atoms with Crippen LogP contribution in [0, 0.1) is 11.7 Å². The molecule has 0 atom stereocenters. The fourth-order valence-electron chi connectivity index (χ4n) is 3.79. The molecular weight excluding hydrogens is 307 g/mol. The molecule has 4 nitrogen and oxygen atoms in total. The Labute approximate surface area is 143 Å². The molecule has 1 aromatic rings. The molecule has 0 spiro atoms. The third-order valence-corrected chi connectivity index (χ3v) is 5.14. The fraction of sp³-hybridized carbons (Fsp3) is 0.632. The molecule has 1 aliphatic heterocycles. The van der Waals surface area contributed by atoms with Gasteiger partial charge in [-0.25, -0.2) is 4.39 Å². The fourth-order valence-corrected chi connectivity index (χ4v) is 3.79. The van der Waals surface area contributed by atoms with Crippen molar-refractivity contribution in [2.24, 2.45) is 5.92 Å². The molecule has 2 fully saturated rings. The van der Waals surface area contributed by atoms with Crippen LogP contribution in [0.4, 0.5) is 4.39 Å². The highest BCUT2D eigenvalue weighted by atomic mass is 19.1. The van der Waals surface area contributed by atoms with Crippen LogP contribution in [0.3, 0.4) is 0 Å². The van der Waals surface area contributed by atoms with Gasteiger partial charge in [-0.3, -0.25) is 4.79 Å². The second-order valence-electron chi connectivity index (χ2n) is 7.01. The number of hydrogen-bond donors (Lipinski definition) is 1. The summed E-state index contributed by atoms with van der Waals surface area (Å²) in [6, 6.07) is 6.36. The van der Waals surface area contributed by atoms with Gasteiger partial charge in [0, 0.05) is 25.7 Å². The number of nitrogens with one attached hydrogen (secondary N) is 1. The molecule has 24 heavy (non-hydrogen) atoms. The smallest absolute Gasteiger partial charge is 0.258 e. The molecule has 1 heterocycles. The third-order valence-electron chi connectivity index (χ3n) is 5.14. The summed E-state index contributed by atoms with van der Waals surface area (Å²) >= 11 is 0. The van der Waals surface area contributed by atoms with E-state index in [1.165, 1.54) is 44.4 Å². The van der Waals surface area contributed by atoms with E-state index in [0.29, 0.717) is 0 Å². The highest BCUT2D eigenvalue weighted by molar-refractivity contribution is 5.77. The van der Waals surface area contributed by atoms with Crippen molar-refractivity contribution in [3.8, 4) is 5.75 Å². The Morgan fingerprint density at radius 3 is 2.58 bits per heavy atom. The monoisotopic (exact) mass is 334 g/mol. The normalized spacial score (nSPS) is 20.2. The van der Waals surface area contributed by atoms with Crippen molar-refractivity contribution in [2.75, 3.05) is 26.2 Å².